The number of rotatable bonds is 6. The summed E-state index contributed by atoms with van der Waals surface area (Å²) in [5.41, 5.74) is 2.40. The molecule has 0 unspecified atom stereocenters. The van der Waals surface area contributed by atoms with Gasteiger partial charge in [-0.15, -0.1) is 0 Å². The van der Waals surface area contributed by atoms with Gasteiger partial charge in [-0.25, -0.2) is 8.42 Å². The third-order valence-electron chi connectivity index (χ3n) is 4.67. The Kier molecular flexibility index (Phi) is 5.82. The highest BCUT2D eigenvalue weighted by atomic mass is 32.2. The van der Waals surface area contributed by atoms with Gasteiger partial charge in [0.1, 0.15) is 0 Å². The second-order valence-electron chi connectivity index (χ2n) is 6.74. The van der Waals surface area contributed by atoms with Crippen molar-refractivity contribution in [3.05, 3.63) is 59.2 Å². The van der Waals surface area contributed by atoms with Crippen LogP contribution in [0.1, 0.15) is 34.3 Å². The Labute approximate surface area is 160 Å². The first-order valence-corrected chi connectivity index (χ1v) is 10.4. The van der Waals surface area contributed by atoms with Crippen LogP contribution >= 0.6 is 0 Å². The fourth-order valence-electron chi connectivity index (χ4n) is 3.01. The summed E-state index contributed by atoms with van der Waals surface area (Å²) < 4.78 is 33.6. The maximum atomic E-state index is 12.7. The molecule has 0 bridgehead atoms. The number of hydrogen-bond acceptors (Lipinski definition) is 4. The summed E-state index contributed by atoms with van der Waals surface area (Å²) in [6.07, 6.45) is 1.95. The van der Waals surface area contributed by atoms with Crippen molar-refractivity contribution < 1.29 is 17.9 Å². The van der Waals surface area contributed by atoms with E-state index in [0.717, 1.165) is 30.6 Å². The Hall–Kier alpha value is -2.38. The standard InChI is InChI=1S/C20H24N2O4S/c1-14-9-10-17(27(24,25)22-19-8-4-3-6-15(19)2)12-18(14)20(23)21-13-16-7-5-11-26-16/h3-4,6,8-10,12,16,22H,5,7,11,13H2,1-2H3,(H,21,23)/t16-/m1/s1. The summed E-state index contributed by atoms with van der Waals surface area (Å²) in [5, 5.41) is 2.84. The fraction of sp³-hybridized carbons (Fsp3) is 0.350. The lowest BCUT2D eigenvalue weighted by molar-refractivity contribution is 0.0857. The van der Waals surface area contributed by atoms with Gasteiger partial charge in [-0.1, -0.05) is 24.3 Å². The monoisotopic (exact) mass is 388 g/mol. The molecule has 1 fully saturated rings. The van der Waals surface area contributed by atoms with Gasteiger partial charge in [0.15, 0.2) is 0 Å². The molecular formula is C20H24N2O4S. The highest BCUT2D eigenvalue weighted by Gasteiger charge is 2.20. The van der Waals surface area contributed by atoms with Crippen molar-refractivity contribution in [2.45, 2.75) is 37.7 Å². The summed E-state index contributed by atoms with van der Waals surface area (Å²) in [4.78, 5) is 12.6. The minimum Gasteiger partial charge on any atom is -0.376 e. The molecular weight excluding hydrogens is 364 g/mol. The van der Waals surface area contributed by atoms with E-state index in [-0.39, 0.29) is 16.9 Å². The molecule has 2 N–H and O–H groups in total. The van der Waals surface area contributed by atoms with Crippen LogP contribution in [-0.4, -0.2) is 33.6 Å². The zero-order valence-electron chi connectivity index (χ0n) is 15.5. The Morgan fingerprint density at radius 3 is 2.63 bits per heavy atom. The maximum Gasteiger partial charge on any atom is 0.261 e. The van der Waals surface area contributed by atoms with Gasteiger partial charge in [-0.05, 0) is 56.0 Å². The van der Waals surface area contributed by atoms with Crippen LogP contribution < -0.4 is 10.0 Å². The predicted molar refractivity (Wildman–Crippen MR) is 104 cm³/mol. The number of carbonyl (C=O) groups is 1. The van der Waals surface area contributed by atoms with Gasteiger partial charge in [-0.3, -0.25) is 9.52 Å². The van der Waals surface area contributed by atoms with Crippen molar-refractivity contribution in [2.75, 3.05) is 17.9 Å². The lowest BCUT2D eigenvalue weighted by atomic mass is 10.1. The van der Waals surface area contributed by atoms with E-state index in [1.54, 1.807) is 25.1 Å². The van der Waals surface area contributed by atoms with Gasteiger partial charge < -0.3 is 10.1 Å². The minimum absolute atomic E-state index is 0.0314. The van der Waals surface area contributed by atoms with Gasteiger partial charge >= 0.3 is 0 Å². The van der Waals surface area contributed by atoms with Crippen LogP contribution in [0.25, 0.3) is 0 Å². The molecule has 2 aromatic carbocycles. The zero-order chi connectivity index (χ0) is 19.4. The summed E-state index contributed by atoms with van der Waals surface area (Å²) in [6.45, 7) is 4.76. The van der Waals surface area contributed by atoms with Crippen LogP contribution in [0.5, 0.6) is 0 Å². The average molecular weight is 388 g/mol. The molecule has 0 aliphatic carbocycles. The van der Waals surface area contributed by atoms with E-state index in [4.69, 9.17) is 4.74 Å². The largest absolute Gasteiger partial charge is 0.376 e. The van der Waals surface area contributed by atoms with E-state index in [1.807, 2.05) is 19.1 Å². The molecule has 0 spiro atoms. The lowest BCUT2D eigenvalue weighted by Crippen LogP contribution is -2.32. The Morgan fingerprint density at radius 2 is 1.93 bits per heavy atom. The lowest BCUT2D eigenvalue weighted by Gasteiger charge is -2.14. The third kappa shape index (κ3) is 4.67. The number of ether oxygens (including phenoxy) is 1. The Bertz CT molecular complexity index is 935. The summed E-state index contributed by atoms with van der Waals surface area (Å²) in [5.74, 6) is -0.295. The quantitative estimate of drug-likeness (QED) is 0.797. The Morgan fingerprint density at radius 1 is 1.15 bits per heavy atom. The normalized spacial score (nSPS) is 16.9. The second-order valence-corrected chi connectivity index (χ2v) is 8.42. The molecule has 1 atom stereocenters. The second kappa shape index (κ2) is 8.10. The van der Waals surface area contributed by atoms with Crippen molar-refractivity contribution in [2.24, 2.45) is 0 Å². The molecule has 1 aliphatic heterocycles. The molecule has 0 radical (unpaired) electrons. The van der Waals surface area contributed by atoms with Crippen LogP contribution in [-0.2, 0) is 14.8 Å². The molecule has 144 valence electrons. The Balaban J connectivity index is 1.79. The van der Waals surface area contributed by atoms with E-state index >= 15 is 0 Å². The smallest absolute Gasteiger partial charge is 0.261 e. The van der Waals surface area contributed by atoms with E-state index in [9.17, 15) is 13.2 Å². The highest BCUT2D eigenvalue weighted by molar-refractivity contribution is 7.92. The van der Waals surface area contributed by atoms with Crippen molar-refractivity contribution in [3.63, 3.8) is 0 Å². The highest BCUT2D eigenvalue weighted by Crippen LogP contribution is 2.21. The number of benzene rings is 2. The molecule has 2 aromatic rings. The summed E-state index contributed by atoms with van der Waals surface area (Å²) >= 11 is 0. The fourth-order valence-corrected chi connectivity index (χ4v) is 4.17. The number of amides is 1. The van der Waals surface area contributed by atoms with Crippen LogP contribution in [0.2, 0.25) is 0 Å². The van der Waals surface area contributed by atoms with Crippen molar-refractivity contribution in [1.82, 2.24) is 5.32 Å². The molecule has 27 heavy (non-hydrogen) atoms. The third-order valence-corrected chi connectivity index (χ3v) is 6.03. The van der Waals surface area contributed by atoms with Gasteiger partial charge in [0, 0.05) is 18.7 Å². The SMILES string of the molecule is Cc1ccccc1NS(=O)(=O)c1ccc(C)c(C(=O)NC[C@H]2CCCO2)c1. The number of para-hydroxylation sites is 1. The van der Waals surface area contributed by atoms with Crippen LogP contribution in [0.15, 0.2) is 47.4 Å². The predicted octanol–water partition coefficient (Wildman–Crippen LogP) is 3.01. The molecule has 7 heteroatoms. The maximum absolute atomic E-state index is 12.7. The number of anilines is 1. The van der Waals surface area contributed by atoms with Crippen molar-refractivity contribution >= 4 is 21.6 Å². The zero-order valence-corrected chi connectivity index (χ0v) is 16.3. The van der Waals surface area contributed by atoms with E-state index in [0.29, 0.717) is 17.8 Å². The topological polar surface area (TPSA) is 84.5 Å². The molecule has 1 heterocycles. The molecule has 1 saturated heterocycles. The molecule has 6 nitrogen and oxygen atoms in total. The van der Waals surface area contributed by atoms with Crippen LogP contribution in [0.4, 0.5) is 5.69 Å². The summed E-state index contributed by atoms with van der Waals surface area (Å²) in [7, 11) is -3.79. The summed E-state index contributed by atoms with van der Waals surface area (Å²) in [6, 6.07) is 11.7. The van der Waals surface area contributed by atoms with E-state index in [2.05, 4.69) is 10.0 Å². The number of carbonyl (C=O) groups excluding carboxylic acids is 1. The molecule has 3 rings (SSSR count). The number of nitrogens with one attached hydrogen (secondary N) is 2. The van der Waals surface area contributed by atoms with Crippen LogP contribution in [0, 0.1) is 13.8 Å². The molecule has 0 aromatic heterocycles. The number of hydrogen-bond donors (Lipinski definition) is 2. The molecule has 1 aliphatic rings. The molecule has 0 saturated carbocycles. The minimum atomic E-state index is -3.79. The number of sulfonamides is 1. The van der Waals surface area contributed by atoms with E-state index in [1.165, 1.54) is 12.1 Å². The average Bonchev–Trinajstić information content (AvgIpc) is 3.15. The van der Waals surface area contributed by atoms with E-state index < -0.39 is 10.0 Å². The number of aryl methyl sites for hydroxylation is 2. The first-order chi connectivity index (χ1) is 12.9. The van der Waals surface area contributed by atoms with Gasteiger partial charge in [0.05, 0.1) is 16.7 Å². The van der Waals surface area contributed by atoms with Crippen molar-refractivity contribution in [1.29, 1.82) is 0 Å². The first-order valence-electron chi connectivity index (χ1n) is 8.96. The molecule has 1 amide bonds. The van der Waals surface area contributed by atoms with Crippen LogP contribution in [0.3, 0.4) is 0 Å². The first kappa shape index (κ1) is 19.4. The van der Waals surface area contributed by atoms with Gasteiger partial charge in [-0.2, -0.15) is 0 Å². The van der Waals surface area contributed by atoms with Gasteiger partial charge in [0.2, 0.25) is 0 Å². The van der Waals surface area contributed by atoms with Gasteiger partial charge in [0.25, 0.3) is 15.9 Å². The van der Waals surface area contributed by atoms with Crippen molar-refractivity contribution in [3.8, 4) is 0 Å².